The van der Waals surface area contributed by atoms with Crippen LogP contribution in [0.2, 0.25) is 0 Å². The fraction of sp³-hybridized carbons (Fsp3) is 0.111. The van der Waals surface area contributed by atoms with Crippen molar-refractivity contribution in [2.45, 2.75) is 13.1 Å². The van der Waals surface area contributed by atoms with Crippen LogP contribution in [0.3, 0.4) is 0 Å². The molecular formula is C18H14ClF3N4O. The zero-order valence-corrected chi connectivity index (χ0v) is 14.8. The Bertz CT molecular complexity index is 932. The third-order valence-electron chi connectivity index (χ3n) is 3.50. The van der Waals surface area contributed by atoms with E-state index in [1.54, 1.807) is 36.4 Å². The van der Waals surface area contributed by atoms with Crippen LogP contribution >= 0.6 is 12.4 Å². The van der Waals surface area contributed by atoms with Gasteiger partial charge in [-0.15, -0.1) is 12.4 Å². The number of ketones is 1. The molecule has 1 N–H and O–H groups in total. The smallest absolute Gasteiger partial charge is 0.340 e. The van der Waals surface area contributed by atoms with Crippen LogP contribution in [0.25, 0.3) is 11.4 Å². The van der Waals surface area contributed by atoms with Gasteiger partial charge in [-0.1, -0.05) is 0 Å². The van der Waals surface area contributed by atoms with E-state index >= 15 is 0 Å². The van der Waals surface area contributed by atoms with Crippen molar-refractivity contribution < 1.29 is 18.0 Å². The van der Waals surface area contributed by atoms with Gasteiger partial charge in [0.1, 0.15) is 5.82 Å². The van der Waals surface area contributed by atoms with E-state index in [1.807, 2.05) is 0 Å². The van der Waals surface area contributed by atoms with Crippen LogP contribution in [-0.2, 0) is 6.18 Å². The van der Waals surface area contributed by atoms with Crippen LogP contribution < -0.4 is 5.32 Å². The first-order chi connectivity index (χ1) is 12.3. The number of Topliss-reactive ketones (excluding diaryl/α,β-unsaturated/α-hetero) is 1. The summed E-state index contributed by atoms with van der Waals surface area (Å²) in [5.74, 6) is -0.200. The first-order valence-electron chi connectivity index (χ1n) is 7.57. The van der Waals surface area contributed by atoms with Crippen molar-refractivity contribution in [2.75, 3.05) is 5.32 Å². The van der Waals surface area contributed by atoms with Crippen molar-refractivity contribution in [1.29, 1.82) is 0 Å². The summed E-state index contributed by atoms with van der Waals surface area (Å²) in [6, 6.07) is 10.3. The maximum Gasteiger partial charge on any atom is 0.433 e. The molecular weight excluding hydrogens is 381 g/mol. The maximum atomic E-state index is 13.2. The summed E-state index contributed by atoms with van der Waals surface area (Å²) >= 11 is 0. The summed E-state index contributed by atoms with van der Waals surface area (Å²) in [4.78, 5) is 22.9. The Labute approximate surface area is 159 Å². The second kappa shape index (κ2) is 8.13. The third kappa shape index (κ3) is 5.01. The molecule has 0 unspecified atom stereocenters. The number of nitrogens with zero attached hydrogens (tertiary/aromatic N) is 3. The van der Waals surface area contributed by atoms with Crippen LogP contribution in [-0.4, -0.2) is 20.7 Å². The highest BCUT2D eigenvalue weighted by Gasteiger charge is 2.33. The molecule has 0 saturated heterocycles. The topological polar surface area (TPSA) is 67.8 Å². The number of hydrogen-bond donors (Lipinski definition) is 1. The number of carbonyl (C=O) groups is 1. The van der Waals surface area contributed by atoms with Gasteiger partial charge in [-0.3, -0.25) is 9.78 Å². The third-order valence-corrected chi connectivity index (χ3v) is 3.50. The van der Waals surface area contributed by atoms with E-state index in [0.717, 1.165) is 6.07 Å². The van der Waals surface area contributed by atoms with E-state index in [-0.39, 0.29) is 29.8 Å². The largest absolute Gasteiger partial charge is 0.433 e. The van der Waals surface area contributed by atoms with Gasteiger partial charge in [0.15, 0.2) is 17.3 Å². The van der Waals surface area contributed by atoms with E-state index in [0.29, 0.717) is 16.8 Å². The van der Waals surface area contributed by atoms with Gasteiger partial charge in [0.05, 0.1) is 0 Å². The van der Waals surface area contributed by atoms with Crippen LogP contribution in [0, 0.1) is 0 Å². The molecule has 0 bridgehead atoms. The molecule has 0 radical (unpaired) electrons. The predicted molar refractivity (Wildman–Crippen MR) is 97.2 cm³/mol. The lowest BCUT2D eigenvalue weighted by Gasteiger charge is -2.12. The SMILES string of the molecule is CC(=O)c1ccc(Nc2cc(C(F)(F)F)nc(-c3cccnc3)n2)cc1.Cl. The predicted octanol–water partition coefficient (Wildman–Crippen LogP) is 4.93. The number of anilines is 2. The summed E-state index contributed by atoms with van der Waals surface area (Å²) in [5.41, 5.74) is 0.312. The molecule has 0 aliphatic rings. The molecule has 0 aliphatic carbocycles. The fourth-order valence-electron chi connectivity index (χ4n) is 2.22. The molecule has 3 rings (SSSR count). The molecule has 0 spiro atoms. The maximum absolute atomic E-state index is 13.2. The van der Waals surface area contributed by atoms with Crippen molar-refractivity contribution >= 4 is 29.7 Å². The fourth-order valence-corrected chi connectivity index (χ4v) is 2.22. The highest BCUT2D eigenvalue weighted by molar-refractivity contribution is 5.94. The lowest BCUT2D eigenvalue weighted by atomic mass is 10.1. The van der Waals surface area contributed by atoms with E-state index < -0.39 is 11.9 Å². The van der Waals surface area contributed by atoms with Crippen molar-refractivity contribution in [3.05, 3.63) is 66.1 Å². The highest BCUT2D eigenvalue weighted by atomic mass is 35.5. The van der Waals surface area contributed by atoms with Gasteiger partial charge in [-0.05, 0) is 43.3 Å². The Morgan fingerprint density at radius 3 is 2.33 bits per heavy atom. The van der Waals surface area contributed by atoms with E-state index in [1.165, 1.54) is 19.3 Å². The summed E-state index contributed by atoms with van der Waals surface area (Å²) in [7, 11) is 0. The minimum absolute atomic E-state index is 0. The average molecular weight is 395 g/mol. The van der Waals surface area contributed by atoms with E-state index in [2.05, 4.69) is 20.3 Å². The number of nitrogens with one attached hydrogen (secondary N) is 1. The molecule has 0 fully saturated rings. The van der Waals surface area contributed by atoms with Crippen molar-refractivity contribution in [2.24, 2.45) is 0 Å². The molecule has 0 amide bonds. The van der Waals surface area contributed by atoms with Crippen LogP contribution in [0.15, 0.2) is 54.9 Å². The monoisotopic (exact) mass is 394 g/mol. The average Bonchev–Trinajstić information content (AvgIpc) is 2.62. The van der Waals surface area contributed by atoms with Gasteiger partial charge < -0.3 is 5.32 Å². The summed E-state index contributed by atoms with van der Waals surface area (Å²) in [5, 5.41) is 2.81. The molecule has 140 valence electrons. The molecule has 1 aromatic carbocycles. The number of halogens is 4. The Balaban J connectivity index is 0.00000261. The van der Waals surface area contributed by atoms with E-state index in [4.69, 9.17) is 0 Å². The molecule has 3 aromatic rings. The second-order valence-electron chi connectivity index (χ2n) is 5.46. The standard InChI is InChI=1S/C18H13F3N4O.ClH/c1-11(26)12-4-6-14(7-5-12)23-16-9-15(18(19,20)21)24-17(25-16)13-3-2-8-22-10-13;/h2-10H,1H3,(H,23,24,25);1H. The number of alkyl halides is 3. The first kappa shape index (κ1) is 20.3. The quantitative estimate of drug-likeness (QED) is 0.636. The second-order valence-corrected chi connectivity index (χ2v) is 5.46. The summed E-state index contributed by atoms with van der Waals surface area (Å²) in [6.07, 6.45) is -1.72. The molecule has 2 aromatic heterocycles. The van der Waals surface area contributed by atoms with Crippen molar-refractivity contribution in [3.63, 3.8) is 0 Å². The van der Waals surface area contributed by atoms with Gasteiger partial charge in [-0.2, -0.15) is 13.2 Å². The van der Waals surface area contributed by atoms with Crippen molar-refractivity contribution in [3.8, 4) is 11.4 Å². The Hall–Kier alpha value is -3.00. The van der Waals surface area contributed by atoms with Crippen molar-refractivity contribution in [1.82, 2.24) is 15.0 Å². The van der Waals surface area contributed by atoms with Gasteiger partial charge in [0.2, 0.25) is 0 Å². The highest BCUT2D eigenvalue weighted by Crippen LogP contribution is 2.31. The summed E-state index contributed by atoms with van der Waals surface area (Å²) in [6.45, 7) is 1.43. The minimum Gasteiger partial charge on any atom is -0.340 e. The van der Waals surface area contributed by atoms with E-state index in [9.17, 15) is 18.0 Å². The molecule has 0 atom stereocenters. The first-order valence-corrected chi connectivity index (χ1v) is 7.57. The van der Waals surface area contributed by atoms with Crippen LogP contribution in [0.1, 0.15) is 23.0 Å². The normalized spacial score (nSPS) is 10.8. The number of pyridine rings is 1. The Morgan fingerprint density at radius 2 is 1.78 bits per heavy atom. The number of hydrogen-bond acceptors (Lipinski definition) is 5. The molecule has 0 saturated carbocycles. The van der Waals surface area contributed by atoms with Gasteiger partial charge in [0.25, 0.3) is 0 Å². The number of carbonyl (C=O) groups excluding carboxylic acids is 1. The molecule has 5 nitrogen and oxygen atoms in total. The zero-order valence-electron chi connectivity index (χ0n) is 14.0. The lowest BCUT2D eigenvalue weighted by Crippen LogP contribution is -2.11. The number of rotatable bonds is 4. The molecule has 2 heterocycles. The Morgan fingerprint density at radius 1 is 1.07 bits per heavy atom. The lowest BCUT2D eigenvalue weighted by molar-refractivity contribution is -0.141. The minimum atomic E-state index is -4.62. The van der Waals surface area contributed by atoms with Gasteiger partial charge in [-0.25, -0.2) is 9.97 Å². The molecule has 0 aliphatic heterocycles. The zero-order chi connectivity index (χ0) is 18.7. The Kier molecular flexibility index (Phi) is 6.12. The van der Waals surface area contributed by atoms with Gasteiger partial charge >= 0.3 is 6.18 Å². The molecule has 9 heteroatoms. The number of benzene rings is 1. The summed E-state index contributed by atoms with van der Waals surface area (Å²) < 4.78 is 39.5. The number of aromatic nitrogens is 3. The van der Waals surface area contributed by atoms with Crippen LogP contribution in [0.4, 0.5) is 24.7 Å². The van der Waals surface area contributed by atoms with Crippen LogP contribution in [0.5, 0.6) is 0 Å². The molecule has 27 heavy (non-hydrogen) atoms. The van der Waals surface area contributed by atoms with Gasteiger partial charge in [0, 0.05) is 35.3 Å².